The predicted octanol–water partition coefficient (Wildman–Crippen LogP) is 5.23. The molecule has 0 spiro atoms. The molecular weight excluding hydrogens is 578 g/mol. The van der Waals surface area contributed by atoms with Gasteiger partial charge in [-0.3, -0.25) is 9.59 Å². The van der Waals surface area contributed by atoms with E-state index < -0.39 is 53.2 Å². The van der Waals surface area contributed by atoms with Crippen LogP contribution in [0.4, 0.5) is 4.79 Å². The number of benzene rings is 2. The Morgan fingerprint density at radius 1 is 0.886 bits per heavy atom. The molecular formula is C34H47N3O6S. The number of nitrogens with one attached hydrogen (secondary N) is 2. The summed E-state index contributed by atoms with van der Waals surface area (Å²) in [5, 5.41) is 5.58. The van der Waals surface area contributed by atoms with Crippen LogP contribution in [-0.2, 0) is 30.3 Å². The zero-order valence-electron chi connectivity index (χ0n) is 27.1. The molecule has 240 valence electrons. The van der Waals surface area contributed by atoms with Crippen LogP contribution in [0.5, 0.6) is 0 Å². The molecule has 0 radical (unpaired) electrons. The number of thiol groups is 1. The fraction of sp³-hybridized carbons (Fsp3) is 0.529. The first-order valence-corrected chi connectivity index (χ1v) is 15.7. The summed E-state index contributed by atoms with van der Waals surface area (Å²) in [6.07, 6.45) is 0.857. The molecule has 2 aromatic rings. The second-order valence-electron chi connectivity index (χ2n) is 13.4. The molecule has 2 aromatic carbocycles. The highest BCUT2D eigenvalue weighted by molar-refractivity contribution is 7.80. The summed E-state index contributed by atoms with van der Waals surface area (Å²) in [4.78, 5) is 56.3. The van der Waals surface area contributed by atoms with E-state index in [1.54, 1.807) is 46.4 Å². The number of ether oxygens (including phenoxy) is 2. The number of hydrogen-bond acceptors (Lipinski definition) is 7. The minimum absolute atomic E-state index is 0.00300. The normalized spacial score (nSPS) is 15.4. The molecule has 0 heterocycles. The third kappa shape index (κ3) is 10.3. The fourth-order valence-electron chi connectivity index (χ4n) is 4.82. The maximum atomic E-state index is 14.4. The van der Waals surface area contributed by atoms with Gasteiger partial charge in [0.25, 0.3) is 0 Å². The van der Waals surface area contributed by atoms with Crippen molar-refractivity contribution in [2.45, 2.75) is 110 Å². The number of hydrogen-bond donors (Lipinski definition) is 3. The summed E-state index contributed by atoms with van der Waals surface area (Å²) in [5.41, 5.74) is 1.68. The van der Waals surface area contributed by atoms with Crippen molar-refractivity contribution in [1.29, 1.82) is 0 Å². The summed E-state index contributed by atoms with van der Waals surface area (Å²) >= 11 is 4.37. The van der Waals surface area contributed by atoms with Crippen molar-refractivity contribution in [2.75, 3.05) is 5.75 Å². The lowest BCUT2D eigenvalue weighted by molar-refractivity contribution is -0.159. The smallest absolute Gasteiger partial charge is 0.408 e. The lowest BCUT2D eigenvalue weighted by Crippen LogP contribution is -2.56. The first-order chi connectivity index (χ1) is 20.5. The number of nitrogens with zero attached hydrogens (tertiary/aromatic N) is 1. The van der Waals surface area contributed by atoms with Crippen LogP contribution in [0, 0.1) is 13.8 Å². The summed E-state index contributed by atoms with van der Waals surface area (Å²) in [7, 11) is 0. The summed E-state index contributed by atoms with van der Waals surface area (Å²) < 4.78 is 11.1. The van der Waals surface area contributed by atoms with E-state index in [0.717, 1.165) is 16.7 Å². The van der Waals surface area contributed by atoms with Crippen LogP contribution in [0.15, 0.2) is 48.5 Å². The molecule has 0 bridgehead atoms. The maximum Gasteiger partial charge on any atom is 0.408 e. The van der Waals surface area contributed by atoms with Crippen molar-refractivity contribution < 1.29 is 28.7 Å². The molecule has 3 atom stereocenters. The largest absolute Gasteiger partial charge is 0.458 e. The Balaban J connectivity index is 2.03. The van der Waals surface area contributed by atoms with Crippen molar-refractivity contribution in [3.8, 4) is 0 Å². The molecule has 0 aliphatic heterocycles. The van der Waals surface area contributed by atoms with E-state index in [1.165, 1.54) is 0 Å². The highest BCUT2D eigenvalue weighted by atomic mass is 32.1. The van der Waals surface area contributed by atoms with Crippen LogP contribution in [0.2, 0.25) is 0 Å². The molecule has 1 fully saturated rings. The van der Waals surface area contributed by atoms with E-state index in [-0.39, 0.29) is 18.2 Å². The van der Waals surface area contributed by atoms with Gasteiger partial charge in [-0.1, -0.05) is 54.1 Å². The third-order valence-corrected chi connectivity index (χ3v) is 7.28. The van der Waals surface area contributed by atoms with Gasteiger partial charge in [0.05, 0.1) is 0 Å². The number of carbonyl (C=O) groups excluding carboxylic acids is 4. The first kappa shape index (κ1) is 35.0. The van der Waals surface area contributed by atoms with Crippen LogP contribution in [-0.4, -0.2) is 63.9 Å². The molecule has 0 aromatic heterocycles. The molecule has 1 saturated carbocycles. The third-order valence-electron chi connectivity index (χ3n) is 6.91. The average molecular weight is 626 g/mol. The van der Waals surface area contributed by atoms with Gasteiger partial charge in [0.15, 0.2) is 0 Å². The standard InChI is InChI=1S/C34H47N3O6S/c1-21-14-15-22(2)25(18-21)28(37(24-16-17-24)30(39)27(20-44)36-32(41)43-34(6,7)8)29(38)35-26(31(40)42-33(3,4)5)19-23-12-10-9-11-13-23/h9-15,18,24,26-28,44H,16-17,19-20H2,1-8H3,(H,35,38)(H,36,41). The number of aryl methyl sites for hydroxylation is 2. The molecule has 3 rings (SSSR count). The predicted molar refractivity (Wildman–Crippen MR) is 173 cm³/mol. The Bertz CT molecular complexity index is 1330. The molecule has 9 nitrogen and oxygen atoms in total. The van der Waals surface area contributed by atoms with Gasteiger partial charge in [0, 0.05) is 18.2 Å². The number of esters is 1. The Morgan fingerprint density at radius 3 is 2.05 bits per heavy atom. The topological polar surface area (TPSA) is 114 Å². The zero-order chi connectivity index (χ0) is 32.8. The number of rotatable bonds is 11. The van der Waals surface area contributed by atoms with Crippen molar-refractivity contribution in [3.05, 3.63) is 70.8 Å². The number of carbonyl (C=O) groups is 4. The molecule has 10 heteroatoms. The van der Waals surface area contributed by atoms with Gasteiger partial charge in [-0.2, -0.15) is 12.6 Å². The van der Waals surface area contributed by atoms with Crippen LogP contribution in [0.1, 0.15) is 82.7 Å². The molecule has 1 aliphatic carbocycles. The van der Waals surface area contributed by atoms with Gasteiger partial charge in [-0.05, 0) is 84.9 Å². The molecule has 3 unspecified atom stereocenters. The molecule has 2 N–H and O–H groups in total. The fourth-order valence-corrected chi connectivity index (χ4v) is 5.07. The average Bonchev–Trinajstić information content (AvgIpc) is 3.75. The van der Waals surface area contributed by atoms with Crippen molar-refractivity contribution in [2.24, 2.45) is 0 Å². The van der Waals surface area contributed by atoms with E-state index in [9.17, 15) is 19.2 Å². The van der Waals surface area contributed by atoms with Crippen LogP contribution >= 0.6 is 12.6 Å². The van der Waals surface area contributed by atoms with E-state index in [0.29, 0.717) is 18.4 Å². The van der Waals surface area contributed by atoms with Gasteiger partial charge in [-0.25, -0.2) is 9.59 Å². The Morgan fingerprint density at radius 2 is 1.50 bits per heavy atom. The molecule has 3 amide bonds. The molecule has 1 aliphatic rings. The van der Waals surface area contributed by atoms with Crippen molar-refractivity contribution in [1.82, 2.24) is 15.5 Å². The Labute approximate surface area is 266 Å². The Kier molecular flexibility index (Phi) is 11.5. The minimum atomic E-state index is -1.07. The number of amides is 3. The SMILES string of the molecule is Cc1ccc(C)c(C(C(=O)NC(Cc2ccccc2)C(=O)OC(C)(C)C)N(C(=O)C(CS)NC(=O)OC(C)(C)C)C2CC2)c1. The summed E-state index contributed by atoms with van der Waals surface area (Å²) in [6, 6.07) is 11.8. The highest BCUT2D eigenvalue weighted by Gasteiger charge is 2.45. The molecule has 44 heavy (non-hydrogen) atoms. The zero-order valence-corrected chi connectivity index (χ0v) is 28.0. The maximum absolute atomic E-state index is 14.4. The second kappa shape index (κ2) is 14.5. The number of alkyl carbamates (subject to hydrolysis) is 1. The lowest BCUT2D eigenvalue weighted by Gasteiger charge is -2.36. The first-order valence-electron chi connectivity index (χ1n) is 15.1. The van der Waals surface area contributed by atoms with Crippen LogP contribution < -0.4 is 10.6 Å². The van der Waals surface area contributed by atoms with Gasteiger partial charge in [0.1, 0.15) is 29.3 Å². The van der Waals surface area contributed by atoms with Crippen LogP contribution in [0.25, 0.3) is 0 Å². The van der Waals surface area contributed by atoms with E-state index in [4.69, 9.17) is 9.47 Å². The Hall–Kier alpha value is -3.53. The summed E-state index contributed by atoms with van der Waals surface area (Å²) in [6.45, 7) is 14.3. The van der Waals surface area contributed by atoms with Gasteiger partial charge >= 0.3 is 12.1 Å². The van der Waals surface area contributed by atoms with Gasteiger partial charge in [0.2, 0.25) is 11.8 Å². The van der Waals surface area contributed by atoms with E-state index in [1.807, 2.05) is 62.4 Å². The monoisotopic (exact) mass is 625 g/mol. The highest BCUT2D eigenvalue weighted by Crippen LogP contribution is 2.37. The van der Waals surface area contributed by atoms with Gasteiger partial charge in [-0.15, -0.1) is 0 Å². The van der Waals surface area contributed by atoms with E-state index in [2.05, 4.69) is 23.3 Å². The van der Waals surface area contributed by atoms with Crippen molar-refractivity contribution >= 4 is 36.5 Å². The van der Waals surface area contributed by atoms with Crippen LogP contribution in [0.3, 0.4) is 0 Å². The van der Waals surface area contributed by atoms with E-state index >= 15 is 0 Å². The summed E-state index contributed by atoms with van der Waals surface area (Å²) in [5.74, 6) is -1.54. The van der Waals surface area contributed by atoms with Gasteiger partial charge < -0.3 is 25.0 Å². The lowest BCUT2D eigenvalue weighted by atomic mass is 9.95. The molecule has 0 saturated heterocycles. The quantitative estimate of drug-likeness (QED) is 0.233. The second-order valence-corrected chi connectivity index (χ2v) is 13.8. The van der Waals surface area contributed by atoms with Crippen molar-refractivity contribution in [3.63, 3.8) is 0 Å². The minimum Gasteiger partial charge on any atom is -0.458 e.